The largest absolute Gasteiger partial charge is 0.469 e. The maximum absolute atomic E-state index is 17.1. The Morgan fingerprint density at radius 2 is 0.820 bits per heavy atom. The van der Waals surface area contributed by atoms with Gasteiger partial charge >= 0.3 is 17.9 Å². The molecular formula is C100H155FN4O34. The number of esters is 3. The molecule has 2 amide bonds. The summed E-state index contributed by atoms with van der Waals surface area (Å²) in [5.74, 6) is -15.6. The van der Waals surface area contributed by atoms with Crippen LogP contribution in [0.4, 0.5) is 4.39 Å². The number of fused-ring (bicyclic) bond motifs is 4. The lowest BCUT2D eigenvalue weighted by molar-refractivity contribution is -0.333. The van der Waals surface area contributed by atoms with Crippen LogP contribution >= 0.6 is 0 Å². The summed E-state index contributed by atoms with van der Waals surface area (Å²) in [6, 6.07) is -2.56. The molecule has 786 valence electrons. The number of amides is 2. The zero-order chi connectivity index (χ0) is 103. The minimum Gasteiger partial charge on any atom is -0.469 e. The minimum atomic E-state index is -3.21. The molecule has 0 aromatic heterocycles. The van der Waals surface area contributed by atoms with Crippen LogP contribution < -0.4 is 21.7 Å². The van der Waals surface area contributed by atoms with Crippen molar-refractivity contribution in [2.45, 2.75) is 359 Å². The van der Waals surface area contributed by atoms with Gasteiger partial charge in [0.05, 0.1) is 173 Å². The number of hydrogen-bond acceptors (Lipinski definition) is 36. The Kier molecular flexibility index (Phi) is 52.7. The van der Waals surface area contributed by atoms with Crippen LogP contribution in [-0.2, 0) is 66.6 Å². The van der Waals surface area contributed by atoms with Gasteiger partial charge in [-0.25, -0.2) is 4.39 Å². The van der Waals surface area contributed by atoms with Crippen LogP contribution in [0.15, 0.2) is 170 Å². The summed E-state index contributed by atoms with van der Waals surface area (Å²) in [6.45, 7) is 12.2. The lowest BCUT2D eigenvalue weighted by atomic mass is 9.81. The monoisotopic (exact) mass is 1980 g/mol. The van der Waals surface area contributed by atoms with Crippen LogP contribution in [-0.4, -0.2) is 360 Å². The van der Waals surface area contributed by atoms with E-state index in [1.807, 2.05) is 0 Å². The minimum absolute atomic E-state index is 0.0427. The van der Waals surface area contributed by atoms with Crippen molar-refractivity contribution in [3.63, 3.8) is 0 Å². The van der Waals surface area contributed by atoms with Crippen LogP contribution in [0.2, 0.25) is 0 Å². The van der Waals surface area contributed by atoms with Crippen LogP contribution in [0.25, 0.3) is 0 Å². The molecule has 0 aliphatic carbocycles. The molecule has 6 aliphatic heterocycles. The van der Waals surface area contributed by atoms with E-state index in [0.717, 1.165) is 7.11 Å². The van der Waals surface area contributed by atoms with Crippen molar-refractivity contribution in [2.75, 3.05) is 26.7 Å². The lowest BCUT2D eigenvalue weighted by Crippen LogP contribution is -2.65. The highest BCUT2D eigenvalue weighted by Gasteiger charge is 2.58. The predicted molar refractivity (Wildman–Crippen MR) is 505 cm³/mol. The third-order valence-corrected chi connectivity index (χ3v) is 25.8. The van der Waals surface area contributed by atoms with E-state index < -0.39 is 319 Å². The SMILES string of the molecule is COC(=O)[C@H]1[C@@H]2C[C@@H](O[C@@H]3O[C@H](C)[C@@H](O)[C@H](NCCCNC(=O)CNC(=O)[C@@H]4[C@@H](O)[C@H](F)[C@@]5(O)C[C@@H](O)C[C@@H](O)[C@H](O)CC[C@@H](O)C[C@@H](O)CC(=O)O[C@@H](C)[C@H](C)[C@H](O)[C@@H](C)/C=C/C=C/C=C/C=C/C=C/C=C/C=C/[C@H](O[C@@H]6O[C@H](C)[C@@H](O)[C@H](N)[C@@H]6O)C[C@@H]4O5)[C@@H]3O)/C=C/C=C/C=C/C=C/C=C/C=C/C=C/[C@H](C)[C@@H](O)[C@@H](C)[C@H](C)OC(=O)C[C@H](O)C[C@H](O)CC[C@@H](O)[C@H](O)C[C@H](O)C[C@](O)(C[C@@H]1O)O2. The Labute approximate surface area is 812 Å². The van der Waals surface area contributed by atoms with E-state index in [1.54, 1.807) is 193 Å². The van der Waals surface area contributed by atoms with Crippen LogP contribution in [0.3, 0.4) is 0 Å². The molecule has 0 aromatic carbocycles. The van der Waals surface area contributed by atoms with Gasteiger partial charge in [0.25, 0.3) is 0 Å². The summed E-state index contributed by atoms with van der Waals surface area (Å²) in [4.78, 5) is 67.6. The van der Waals surface area contributed by atoms with Crippen LogP contribution in [0.5, 0.6) is 0 Å². The molecule has 38 nitrogen and oxygen atoms in total. The van der Waals surface area contributed by atoms with Crippen molar-refractivity contribution in [1.29, 1.82) is 0 Å². The summed E-state index contributed by atoms with van der Waals surface area (Å²) in [7, 11) is 1.06. The van der Waals surface area contributed by atoms with Gasteiger partial charge in [0, 0.05) is 75.2 Å². The Hall–Kier alpha value is -7.48. The fourth-order valence-corrected chi connectivity index (χ4v) is 17.2. The van der Waals surface area contributed by atoms with Crippen molar-refractivity contribution >= 4 is 29.7 Å². The summed E-state index contributed by atoms with van der Waals surface area (Å²) >= 11 is 0. The van der Waals surface area contributed by atoms with E-state index in [1.165, 1.54) is 32.1 Å². The van der Waals surface area contributed by atoms with E-state index >= 15 is 4.39 Å². The third-order valence-electron chi connectivity index (χ3n) is 25.8. The average Bonchev–Trinajstić information content (AvgIpc) is 0.757. The van der Waals surface area contributed by atoms with Crippen molar-refractivity contribution in [3.05, 3.63) is 170 Å². The van der Waals surface area contributed by atoms with Crippen molar-refractivity contribution in [2.24, 2.45) is 41.2 Å². The molecule has 0 saturated carbocycles. The number of allylic oxidation sites excluding steroid dienone is 24. The third kappa shape index (κ3) is 40.6. The van der Waals surface area contributed by atoms with Crippen LogP contribution in [0, 0.1) is 35.5 Å². The smallest absolute Gasteiger partial charge is 0.313 e. The molecule has 25 N–H and O–H groups in total. The quantitative estimate of drug-likeness (QED) is 0.0683. The van der Waals surface area contributed by atoms with Gasteiger partial charge in [-0.05, 0) is 79.2 Å². The first kappa shape index (κ1) is 120. The predicted octanol–water partition coefficient (Wildman–Crippen LogP) is 0.642. The molecule has 0 radical (unpaired) electrons. The van der Waals surface area contributed by atoms with Gasteiger partial charge < -0.3 is 166 Å². The number of methoxy groups -OCH3 is 1. The molecule has 39 atom stereocenters. The van der Waals surface area contributed by atoms with E-state index in [0.29, 0.717) is 0 Å². The fraction of sp³-hybridized carbons (Fsp3) is 0.670. The molecule has 6 rings (SSSR count). The number of aliphatic hydroxyl groups is 20. The zero-order valence-corrected chi connectivity index (χ0v) is 80.6. The van der Waals surface area contributed by atoms with Gasteiger partial charge in [-0.3, -0.25) is 24.0 Å². The van der Waals surface area contributed by atoms with E-state index in [4.69, 9.17) is 48.4 Å². The number of halogens is 1. The molecule has 39 heteroatoms. The Morgan fingerprint density at radius 1 is 0.417 bits per heavy atom. The van der Waals surface area contributed by atoms with Crippen molar-refractivity contribution < 1.29 is 173 Å². The first-order chi connectivity index (χ1) is 65.8. The molecule has 6 aliphatic rings. The number of hydrogen-bond donors (Lipinski definition) is 24. The lowest BCUT2D eigenvalue weighted by Gasteiger charge is -2.47. The number of cyclic esters (lactones) is 2. The van der Waals surface area contributed by atoms with Gasteiger partial charge in [-0.1, -0.05) is 198 Å². The Balaban J connectivity index is 1.20. The van der Waals surface area contributed by atoms with Crippen LogP contribution in [0.1, 0.15) is 158 Å². The maximum Gasteiger partial charge on any atom is 0.313 e. The second-order valence-corrected chi connectivity index (χ2v) is 37.3. The normalized spacial score (nSPS) is 43.9. The Morgan fingerprint density at radius 3 is 1.26 bits per heavy atom. The summed E-state index contributed by atoms with van der Waals surface area (Å²) < 4.78 is 70.1. The second kappa shape index (κ2) is 61.0. The average molecular weight is 1980 g/mol. The van der Waals surface area contributed by atoms with Gasteiger partial charge in [0.15, 0.2) is 24.5 Å². The summed E-state index contributed by atoms with van der Waals surface area (Å²) in [5, 5.41) is 234. The van der Waals surface area contributed by atoms with Gasteiger partial charge in [0.1, 0.15) is 36.4 Å². The Bertz CT molecular complexity index is 4130. The number of nitrogens with two attached hydrogens (primary N) is 1. The zero-order valence-electron chi connectivity index (χ0n) is 80.6. The number of aliphatic hydroxyl groups excluding tert-OH is 18. The molecule has 4 saturated heterocycles. The number of nitrogens with one attached hydrogen (secondary N) is 3. The van der Waals surface area contributed by atoms with Gasteiger partial charge in [-0.15, -0.1) is 0 Å². The molecule has 4 fully saturated rings. The molecule has 0 spiro atoms. The standard InChI is InChI=1S/C100H155FN4O34/c1-57-35-30-26-22-18-14-10-12-16-20-24-28-32-37-71(51-78-83(96(128)131-9)77(116)55-99(129,138-78)53-69(110)47-75(114)73(112)41-39-65(106)45-67(108)49-81(118)132-61(5)59(3)87(57)120)137-98-93(126)86(90(123)64(8)135-98)104-44-34-43-103-80(117)56-105-95(127)84-79-52-72(136-97-92(125)85(102)89(122)63(7)134-97)38-33-29-25-21-17-13-11-15-19-23-27-31-36-58(2)88(121)60(4)62(6)133-82(119)50-68(109)46-66(107)40-42-74(113)76(115)48-70(111)54-100(130,139-79)94(101)91(84)124/h10-33,35-38,57-79,83-94,97-98,104,106-116,120-126,129-130H,34,39-56,102H2,1-9H3,(H,103,117)(H,105,127)/b12-10+,13-11+,18-14+,19-15+,20-16+,21-17+,26-22+,27-23+,28-24+,29-25+,35-30+,36-31+,37-32+,38-33+/t57-,58-,59-,60-,61-,62-,63+,64+,65+,66+,67+,68+,69-,70-,71-,72-,73+,74+,75+,76+,77-,78-,79-,83+,84-,85-,86-,87+,88+,89+,90+,91+,92-,93-,94-,97-,98-,99+,100+/m0/s1. The highest BCUT2D eigenvalue weighted by molar-refractivity contribution is 5.86. The number of carbonyl (C=O) groups is 5. The second-order valence-electron chi connectivity index (χ2n) is 37.3. The number of rotatable bonds is 13. The maximum atomic E-state index is 17.1. The first-order valence-electron chi connectivity index (χ1n) is 48.0. The van der Waals surface area contributed by atoms with Crippen molar-refractivity contribution in [1.82, 2.24) is 16.0 Å². The van der Waals surface area contributed by atoms with Crippen molar-refractivity contribution in [3.8, 4) is 0 Å². The number of alkyl halides is 1. The molecular weight excluding hydrogens is 1820 g/mol. The fourth-order valence-electron chi connectivity index (χ4n) is 17.2. The van der Waals surface area contributed by atoms with E-state index in [2.05, 4.69) is 16.0 Å². The van der Waals surface area contributed by atoms with Gasteiger partial charge in [0.2, 0.25) is 17.6 Å². The number of ether oxygens (including phenoxy) is 9. The highest BCUT2D eigenvalue weighted by atomic mass is 19.1. The first-order valence-corrected chi connectivity index (χ1v) is 48.0. The summed E-state index contributed by atoms with van der Waals surface area (Å²) in [6.07, 6.45) is -4.14. The van der Waals surface area contributed by atoms with Gasteiger partial charge in [-0.2, -0.15) is 0 Å². The highest BCUT2D eigenvalue weighted by Crippen LogP contribution is 2.42. The topological polar surface area (TPSA) is 635 Å². The molecule has 0 aromatic rings. The van der Waals surface area contributed by atoms with E-state index in [9.17, 15) is 126 Å². The molecule has 0 unspecified atom stereocenters. The molecule has 139 heavy (non-hydrogen) atoms. The van der Waals surface area contributed by atoms with E-state index in [-0.39, 0.29) is 69.9 Å². The molecule has 6 heterocycles. The number of carbonyl (C=O) groups excluding carboxylic acids is 5. The molecule has 4 bridgehead atoms. The summed E-state index contributed by atoms with van der Waals surface area (Å²) in [5.41, 5.74) is 6.19.